The maximum Gasteiger partial charge on any atom is 0.287 e. The summed E-state index contributed by atoms with van der Waals surface area (Å²) in [5.41, 5.74) is 0.366. The molecule has 0 amide bonds. The van der Waals surface area contributed by atoms with E-state index in [1.54, 1.807) is 14.0 Å². The van der Waals surface area contributed by atoms with E-state index < -0.39 is 4.92 Å². The van der Waals surface area contributed by atoms with E-state index in [0.29, 0.717) is 12.3 Å². The molecule has 0 radical (unpaired) electrons. The smallest absolute Gasteiger partial charge is 0.287 e. The number of aryl methyl sites for hydroxylation is 1. The lowest BCUT2D eigenvalue weighted by molar-refractivity contribution is -0.384. The Kier molecular flexibility index (Phi) is 2.85. The van der Waals surface area contributed by atoms with Crippen molar-refractivity contribution >= 4 is 11.6 Å². The zero-order valence-corrected chi connectivity index (χ0v) is 7.98. The van der Waals surface area contributed by atoms with Gasteiger partial charge in [0.15, 0.2) is 0 Å². The van der Waals surface area contributed by atoms with Gasteiger partial charge >= 0.3 is 0 Å². The molecule has 76 valence electrons. The molecule has 6 heteroatoms. The van der Waals surface area contributed by atoms with Crippen LogP contribution in [-0.2, 0) is 11.8 Å². The van der Waals surface area contributed by atoms with E-state index in [1.165, 1.54) is 16.8 Å². The second-order valence-corrected chi connectivity index (χ2v) is 2.71. The van der Waals surface area contributed by atoms with Crippen molar-refractivity contribution in [3.8, 4) is 0 Å². The van der Waals surface area contributed by atoms with Crippen LogP contribution in [0, 0.1) is 15.5 Å². The summed E-state index contributed by atoms with van der Waals surface area (Å²) in [6, 6.07) is 1.32. The van der Waals surface area contributed by atoms with Gasteiger partial charge in [0.2, 0.25) is 5.90 Å². The van der Waals surface area contributed by atoms with Gasteiger partial charge in [0.05, 0.1) is 17.7 Å². The van der Waals surface area contributed by atoms with E-state index in [2.05, 4.69) is 0 Å². The van der Waals surface area contributed by atoms with E-state index in [1.807, 2.05) is 0 Å². The molecule has 1 N–H and O–H groups in total. The molecule has 1 rings (SSSR count). The number of nitrogens with one attached hydrogen (secondary N) is 1. The average Bonchev–Trinajstić information content (AvgIpc) is 2.48. The van der Waals surface area contributed by atoms with Gasteiger partial charge in [-0.25, -0.2) is 0 Å². The first-order valence-corrected chi connectivity index (χ1v) is 4.08. The molecule has 1 aromatic heterocycles. The van der Waals surface area contributed by atoms with Gasteiger partial charge < -0.3 is 9.30 Å². The minimum Gasteiger partial charge on any atom is -0.477 e. The van der Waals surface area contributed by atoms with Crippen molar-refractivity contribution in [2.45, 2.75) is 6.92 Å². The van der Waals surface area contributed by atoms with Gasteiger partial charge in [-0.2, -0.15) is 0 Å². The zero-order valence-electron chi connectivity index (χ0n) is 7.98. The molecule has 0 saturated carbocycles. The molecule has 14 heavy (non-hydrogen) atoms. The predicted octanol–water partition coefficient (Wildman–Crippen LogP) is 1.30. The summed E-state index contributed by atoms with van der Waals surface area (Å²) in [7, 11) is 1.63. The van der Waals surface area contributed by atoms with Crippen LogP contribution in [0.1, 0.15) is 12.6 Å². The minimum atomic E-state index is -0.497. The Morgan fingerprint density at radius 2 is 2.43 bits per heavy atom. The molecule has 0 aliphatic carbocycles. The van der Waals surface area contributed by atoms with Crippen LogP contribution < -0.4 is 0 Å². The molecule has 0 saturated heterocycles. The van der Waals surface area contributed by atoms with Crippen molar-refractivity contribution in [3.63, 3.8) is 0 Å². The summed E-state index contributed by atoms with van der Waals surface area (Å²) >= 11 is 0. The Morgan fingerprint density at radius 1 is 1.79 bits per heavy atom. The predicted molar refractivity (Wildman–Crippen MR) is 50.5 cm³/mol. The van der Waals surface area contributed by atoms with Gasteiger partial charge in [0.25, 0.3) is 5.69 Å². The number of nitrogens with zero attached hydrogens (tertiary/aromatic N) is 2. The van der Waals surface area contributed by atoms with Gasteiger partial charge in [0, 0.05) is 13.1 Å². The second-order valence-electron chi connectivity index (χ2n) is 2.71. The van der Waals surface area contributed by atoms with Gasteiger partial charge in [-0.1, -0.05) is 0 Å². The maximum absolute atomic E-state index is 10.4. The van der Waals surface area contributed by atoms with Gasteiger partial charge in [-0.15, -0.1) is 0 Å². The first-order chi connectivity index (χ1) is 6.56. The highest BCUT2D eigenvalue weighted by Crippen LogP contribution is 2.15. The lowest BCUT2D eigenvalue weighted by Crippen LogP contribution is -2.08. The number of aromatic nitrogens is 1. The summed E-state index contributed by atoms with van der Waals surface area (Å²) in [6.07, 6.45) is 1.35. The fraction of sp³-hybridized carbons (Fsp3) is 0.375. The lowest BCUT2D eigenvalue weighted by Gasteiger charge is -2.04. The Bertz CT molecular complexity index is 370. The van der Waals surface area contributed by atoms with E-state index >= 15 is 0 Å². The van der Waals surface area contributed by atoms with Crippen molar-refractivity contribution < 1.29 is 9.66 Å². The summed E-state index contributed by atoms with van der Waals surface area (Å²) in [6.45, 7) is 2.13. The first kappa shape index (κ1) is 10.2. The maximum atomic E-state index is 10.4. The molecular formula is C8H11N3O3. The molecule has 0 spiro atoms. The van der Waals surface area contributed by atoms with Crippen LogP contribution in [0.3, 0.4) is 0 Å². The van der Waals surface area contributed by atoms with Gasteiger partial charge in [0.1, 0.15) is 5.69 Å². The first-order valence-electron chi connectivity index (χ1n) is 4.08. The summed E-state index contributed by atoms with van der Waals surface area (Å²) < 4.78 is 6.44. The van der Waals surface area contributed by atoms with Crippen molar-refractivity contribution in [1.29, 1.82) is 5.41 Å². The largest absolute Gasteiger partial charge is 0.477 e. The third kappa shape index (κ3) is 1.90. The molecule has 0 unspecified atom stereocenters. The number of nitro groups is 1. The highest BCUT2D eigenvalue weighted by atomic mass is 16.6. The molecule has 0 aromatic carbocycles. The van der Waals surface area contributed by atoms with Crippen LogP contribution in [-0.4, -0.2) is 22.0 Å². The van der Waals surface area contributed by atoms with Crippen molar-refractivity contribution in [2.75, 3.05) is 6.61 Å². The Hall–Kier alpha value is -1.85. The monoisotopic (exact) mass is 197 g/mol. The average molecular weight is 197 g/mol. The standard InChI is InChI=1S/C8H11N3O3/c1-3-14-8(9)7-4-6(11(12)13)5-10(7)2/h4-5,9H,3H2,1-2H3. The zero-order chi connectivity index (χ0) is 10.7. The number of hydrogen-bond donors (Lipinski definition) is 1. The molecule has 1 aromatic rings. The highest BCUT2D eigenvalue weighted by Gasteiger charge is 2.15. The Labute approximate surface area is 80.8 Å². The van der Waals surface area contributed by atoms with E-state index in [-0.39, 0.29) is 11.6 Å². The SMILES string of the molecule is CCOC(=N)c1cc([N+](=O)[O-])cn1C. The third-order valence-corrected chi connectivity index (χ3v) is 1.72. The third-order valence-electron chi connectivity index (χ3n) is 1.72. The fourth-order valence-corrected chi connectivity index (χ4v) is 1.09. The van der Waals surface area contributed by atoms with Gasteiger partial charge in [-0.05, 0) is 6.92 Å². The van der Waals surface area contributed by atoms with Crippen molar-refractivity contribution in [2.24, 2.45) is 7.05 Å². The molecule has 6 nitrogen and oxygen atoms in total. The molecule has 0 bridgehead atoms. The van der Waals surface area contributed by atoms with Crippen LogP contribution >= 0.6 is 0 Å². The van der Waals surface area contributed by atoms with Crippen LogP contribution in [0.5, 0.6) is 0 Å². The number of ether oxygens (including phenoxy) is 1. The van der Waals surface area contributed by atoms with Crippen molar-refractivity contribution in [3.05, 3.63) is 28.1 Å². The highest BCUT2D eigenvalue weighted by molar-refractivity contribution is 5.90. The Balaban J connectivity index is 2.98. The molecule has 0 aliphatic heterocycles. The number of rotatable bonds is 3. The van der Waals surface area contributed by atoms with E-state index in [9.17, 15) is 10.1 Å². The lowest BCUT2D eigenvalue weighted by atomic mass is 10.4. The normalized spacial score (nSPS) is 9.86. The quantitative estimate of drug-likeness (QED) is 0.343. The molecule has 1 heterocycles. The van der Waals surface area contributed by atoms with Crippen molar-refractivity contribution in [1.82, 2.24) is 4.57 Å². The summed E-state index contributed by atoms with van der Waals surface area (Å²) in [4.78, 5) is 9.93. The fourth-order valence-electron chi connectivity index (χ4n) is 1.09. The van der Waals surface area contributed by atoms with E-state index in [0.717, 1.165) is 0 Å². The summed E-state index contributed by atoms with van der Waals surface area (Å²) in [5, 5.41) is 17.9. The summed E-state index contributed by atoms with van der Waals surface area (Å²) in [5.74, 6) is -0.0527. The molecular weight excluding hydrogens is 186 g/mol. The van der Waals surface area contributed by atoms with Crippen LogP contribution in [0.4, 0.5) is 5.69 Å². The van der Waals surface area contributed by atoms with Crippen LogP contribution in [0.25, 0.3) is 0 Å². The topological polar surface area (TPSA) is 81.2 Å². The second kappa shape index (κ2) is 3.91. The minimum absolute atomic E-state index is 0.0352. The molecule has 0 fully saturated rings. The number of hydrogen-bond acceptors (Lipinski definition) is 4. The van der Waals surface area contributed by atoms with E-state index in [4.69, 9.17) is 10.1 Å². The Morgan fingerprint density at radius 3 is 2.86 bits per heavy atom. The van der Waals surface area contributed by atoms with Crippen LogP contribution in [0.15, 0.2) is 12.3 Å². The van der Waals surface area contributed by atoms with Crippen LogP contribution in [0.2, 0.25) is 0 Å². The molecule has 0 atom stereocenters. The molecule has 0 aliphatic rings. The van der Waals surface area contributed by atoms with Gasteiger partial charge in [-0.3, -0.25) is 15.5 Å².